The Kier molecular flexibility index (Phi) is 4.67. The number of carbonyl (C=O) groups excluding carboxylic acids is 1. The van der Waals surface area contributed by atoms with Gasteiger partial charge in [0, 0.05) is 5.92 Å². The molecule has 1 amide bonds. The molecule has 7 heteroatoms. The van der Waals surface area contributed by atoms with Gasteiger partial charge in [0.1, 0.15) is 6.61 Å². The van der Waals surface area contributed by atoms with Crippen LogP contribution in [0.2, 0.25) is 0 Å². The number of hydrogen-bond donors (Lipinski definition) is 2. The van der Waals surface area contributed by atoms with Crippen molar-refractivity contribution < 1.29 is 27.8 Å². The van der Waals surface area contributed by atoms with Gasteiger partial charge >= 0.3 is 12.3 Å². The number of alkyl carbamates (subject to hydrolysis) is 1. The van der Waals surface area contributed by atoms with Crippen molar-refractivity contribution in [3.05, 3.63) is 59.7 Å². The van der Waals surface area contributed by atoms with Gasteiger partial charge in [-0.15, -0.1) is 0 Å². The number of rotatable bonds is 4. The lowest BCUT2D eigenvalue weighted by Crippen LogP contribution is -2.41. The van der Waals surface area contributed by atoms with Crippen LogP contribution < -0.4 is 5.32 Å². The fraction of sp³-hybridized carbons (Fsp3) is 0.278. The third kappa shape index (κ3) is 3.61. The number of fused-ring (bicyclic) bond motifs is 3. The molecule has 0 saturated carbocycles. The van der Waals surface area contributed by atoms with E-state index < -0.39 is 24.9 Å². The van der Waals surface area contributed by atoms with E-state index in [1.165, 1.54) is 0 Å². The van der Waals surface area contributed by atoms with E-state index in [0.717, 1.165) is 22.3 Å². The van der Waals surface area contributed by atoms with Gasteiger partial charge in [-0.2, -0.15) is 13.2 Å². The maximum Gasteiger partial charge on any atom is 0.416 e. The number of nitrogens with one attached hydrogen (secondary N) is 1. The summed E-state index contributed by atoms with van der Waals surface area (Å²) in [5.41, 5.74) is 4.12. The predicted octanol–water partition coefficient (Wildman–Crippen LogP) is 3.45. The first-order valence-electron chi connectivity index (χ1n) is 7.71. The van der Waals surface area contributed by atoms with Crippen molar-refractivity contribution >= 4 is 6.09 Å². The number of alkyl halides is 3. The lowest BCUT2D eigenvalue weighted by molar-refractivity contribution is -0.201. The van der Waals surface area contributed by atoms with E-state index in [4.69, 9.17) is 9.84 Å². The summed E-state index contributed by atoms with van der Waals surface area (Å²) in [5.74, 6) is -0.175. The SMILES string of the molecule is O=C(NC[C@@H](O)C(F)(F)F)OCC1c2ccccc2-c2ccccc21. The van der Waals surface area contributed by atoms with Gasteiger partial charge in [0.05, 0.1) is 6.54 Å². The number of benzene rings is 2. The molecule has 0 aliphatic heterocycles. The standard InChI is InChI=1S/C18H16F3NO3/c19-18(20,21)16(23)9-22-17(24)25-10-15-13-7-3-1-5-11(13)12-6-2-4-8-14(12)15/h1-8,15-16,23H,9-10H2,(H,22,24)/t16-/m1/s1. The topological polar surface area (TPSA) is 58.6 Å². The Balaban J connectivity index is 1.65. The molecule has 0 radical (unpaired) electrons. The molecule has 0 saturated heterocycles. The Bertz CT molecular complexity index is 731. The van der Waals surface area contributed by atoms with Crippen LogP contribution in [0.5, 0.6) is 0 Å². The van der Waals surface area contributed by atoms with E-state index in [9.17, 15) is 18.0 Å². The van der Waals surface area contributed by atoms with Gasteiger partial charge < -0.3 is 15.2 Å². The zero-order valence-electron chi connectivity index (χ0n) is 13.1. The van der Waals surface area contributed by atoms with Crippen molar-refractivity contribution in [3.63, 3.8) is 0 Å². The van der Waals surface area contributed by atoms with Gasteiger partial charge in [-0.05, 0) is 22.3 Å². The highest BCUT2D eigenvalue weighted by Crippen LogP contribution is 2.44. The molecule has 0 spiro atoms. The molecular weight excluding hydrogens is 335 g/mol. The van der Waals surface area contributed by atoms with Crippen LogP contribution in [0.1, 0.15) is 17.0 Å². The van der Waals surface area contributed by atoms with Crippen molar-refractivity contribution in [2.45, 2.75) is 18.2 Å². The number of aliphatic hydroxyl groups is 1. The minimum Gasteiger partial charge on any atom is -0.449 e. The van der Waals surface area contributed by atoms with Crippen LogP contribution in [0.15, 0.2) is 48.5 Å². The number of halogens is 3. The average molecular weight is 351 g/mol. The van der Waals surface area contributed by atoms with Crippen LogP contribution in [0.25, 0.3) is 11.1 Å². The smallest absolute Gasteiger partial charge is 0.416 e. The molecule has 2 aromatic carbocycles. The summed E-state index contributed by atoms with van der Waals surface area (Å²) in [5, 5.41) is 10.8. The summed E-state index contributed by atoms with van der Waals surface area (Å²) in [4.78, 5) is 11.6. The second-order valence-electron chi connectivity index (χ2n) is 5.76. The first-order valence-corrected chi connectivity index (χ1v) is 7.71. The Hall–Kier alpha value is -2.54. The normalized spacial score (nSPS) is 14.6. The van der Waals surface area contributed by atoms with Crippen molar-refractivity contribution in [3.8, 4) is 11.1 Å². The van der Waals surface area contributed by atoms with Crippen LogP contribution in [-0.4, -0.2) is 36.6 Å². The number of ether oxygens (including phenoxy) is 1. The van der Waals surface area contributed by atoms with Crippen molar-refractivity contribution in [1.29, 1.82) is 0 Å². The predicted molar refractivity (Wildman–Crippen MR) is 85.1 cm³/mol. The van der Waals surface area contributed by atoms with Gasteiger partial charge in [0.2, 0.25) is 0 Å². The lowest BCUT2D eigenvalue weighted by Gasteiger charge is -2.17. The summed E-state index contributed by atoms with van der Waals surface area (Å²) < 4.78 is 41.7. The summed E-state index contributed by atoms with van der Waals surface area (Å²) in [6.07, 6.45) is -8.39. The number of amides is 1. The molecule has 0 heterocycles. The van der Waals surface area contributed by atoms with E-state index in [1.54, 1.807) is 0 Å². The van der Waals surface area contributed by atoms with E-state index in [2.05, 4.69) is 0 Å². The Morgan fingerprint density at radius 2 is 1.60 bits per heavy atom. The molecule has 4 nitrogen and oxygen atoms in total. The quantitative estimate of drug-likeness (QED) is 0.887. The maximum absolute atomic E-state index is 12.2. The van der Waals surface area contributed by atoms with Crippen LogP contribution in [0.3, 0.4) is 0 Å². The Morgan fingerprint density at radius 1 is 1.08 bits per heavy atom. The third-order valence-corrected chi connectivity index (χ3v) is 4.16. The fourth-order valence-electron chi connectivity index (χ4n) is 2.95. The first kappa shape index (κ1) is 17.3. The largest absolute Gasteiger partial charge is 0.449 e. The summed E-state index contributed by atoms with van der Waals surface area (Å²) in [7, 11) is 0. The van der Waals surface area contributed by atoms with Crippen LogP contribution >= 0.6 is 0 Å². The average Bonchev–Trinajstić information content (AvgIpc) is 2.91. The molecule has 3 rings (SSSR count). The Labute approximate surface area is 142 Å². The molecule has 132 valence electrons. The zero-order valence-corrected chi connectivity index (χ0v) is 13.1. The summed E-state index contributed by atoms with van der Waals surface area (Å²) in [6.45, 7) is -0.942. The molecule has 0 fully saturated rings. The molecule has 2 N–H and O–H groups in total. The van der Waals surface area contributed by atoms with Gasteiger partial charge in [-0.25, -0.2) is 4.79 Å². The van der Waals surface area contributed by atoms with Gasteiger partial charge in [0.15, 0.2) is 6.10 Å². The van der Waals surface area contributed by atoms with Crippen molar-refractivity contribution in [1.82, 2.24) is 5.32 Å². The minimum atomic E-state index is -4.78. The second-order valence-corrected chi connectivity index (χ2v) is 5.76. The minimum absolute atomic E-state index is 0.00196. The monoisotopic (exact) mass is 351 g/mol. The van der Waals surface area contributed by atoms with Gasteiger partial charge in [0.25, 0.3) is 0 Å². The highest BCUT2D eigenvalue weighted by Gasteiger charge is 2.38. The number of aliphatic hydroxyl groups excluding tert-OH is 1. The van der Waals surface area contributed by atoms with E-state index in [0.29, 0.717) is 0 Å². The highest BCUT2D eigenvalue weighted by molar-refractivity contribution is 5.79. The molecule has 0 unspecified atom stereocenters. The number of carbonyl (C=O) groups is 1. The molecule has 1 atom stereocenters. The molecule has 0 bridgehead atoms. The molecule has 1 aliphatic rings. The zero-order chi connectivity index (χ0) is 18.0. The molecule has 25 heavy (non-hydrogen) atoms. The molecule has 0 aromatic heterocycles. The lowest BCUT2D eigenvalue weighted by atomic mass is 9.98. The maximum atomic E-state index is 12.2. The van der Waals surface area contributed by atoms with Crippen molar-refractivity contribution in [2.75, 3.05) is 13.2 Å². The van der Waals surface area contributed by atoms with E-state index >= 15 is 0 Å². The van der Waals surface area contributed by atoms with Crippen LogP contribution in [0.4, 0.5) is 18.0 Å². The fourth-order valence-corrected chi connectivity index (χ4v) is 2.95. The molecule has 1 aliphatic carbocycles. The third-order valence-electron chi connectivity index (χ3n) is 4.16. The van der Waals surface area contributed by atoms with Gasteiger partial charge in [-0.3, -0.25) is 0 Å². The first-order chi connectivity index (χ1) is 11.9. The highest BCUT2D eigenvalue weighted by atomic mass is 19.4. The molecule has 2 aromatic rings. The second kappa shape index (κ2) is 6.76. The van der Waals surface area contributed by atoms with Crippen molar-refractivity contribution in [2.24, 2.45) is 0 Å². The number of hydrogen-bond acceptors (Lipinski definition) is 3. The summed E-state index contributed by atoms with van der Waals surface area (Å²) >= 11 is 0. The van der Waals surface area contributed by atoms with E-state index in [1.807, 2.05) is 53.8 Å². The summed E-state index contributed by atoms with van der Waals surface area (Å²) in [6, 6.07) is 15.5. The van der Waals surface area contributed by atoms with E-state index in [-0.39, 0.29) is 12.5 Å². The molecular formula is C18H16F3NO3. The van der Waals surface area contributed by atoms with Crippen LogP contribution in [-0.2, 0) is 4.74 Å². The van der Waals surface area contributed by atoms with Gasteiger partial charge in [-0.1, -0.05) is 48.5 Å². The van der Waals surface area contributed by atoms with Crippen LogP contribution in [0, 0.1) is 0 Å². The Morgan fingerprint density at radius 3 is 2.12 bits per heavy atom.